The Morgan fingerprint density at radius 3 is 2.96 bits per heavy atom. The van der Waals surface area contributed by atoms with Gasteiger partial charge in [-0.15, -0.1) is 0 Å². The Bertz CT molecular complexity index is 1010. The molecular formula is C21H22N4O2. The molecule has 1 N–H and O–H groups in total. The van der Waals surface area contributed by atoms with E-state index in [1.807, 2.05) is 24.4 Å². The van der Waals surface area contributed by atoms with Gasteiger partial charge in [-0.2, -0.15) is 5.10 Å². The van der Waals surface area contributed by atoms with Crippen molar-refractivity contribution in [2.24, 2.45) is 0 Å². The molecule has 6 heteroatoms. The second-order valence-corrected chi connectivity index (χ2v) is 7.95. The van der Waals surface area contributed by atoms with Gasteiger partial charge in [-0.05, 0) is 56.0 Å². The van der Waals surface area contributed by atoms with Crippen molar-refractivity contribution in [3.63, 3.8) is 0 Å². The maximum absolute atomic E-state index is 5.97. The van der Waals surface area contributed by atoms with Crippen molar-refractivity contribution >= 4 is 16.7 Å². The number of hydrogen-bond acceptors (Lipinski definition) is 5. The molecular weight excluding hydrogens is 340 g/mol. The first kappa shape index (κ1) is 15.5. The van der Waals surface area contributed by atoms with E-state index in [0.717, 1.165) is 79.1 Å². The van der Waals surface area contributed by atoms with Gasteiger partial charge in [-0.3, -0.25) is 5.10 Å². The highest BCUT2D eigenvalue weighted by Crippen LogP contribution is 2.43. The number of pyridine rings is 1. The topological polar surface area (TPSA) is 63.3 Å². The molecule has 1 aliphatic heterocycles. The summed E-state index contributed by atoms with van der Waals surface area (Å²) in [6, 6.07) is 10.3. The number of aromatic nitrogens is 3. The fraction of sp³-hybridized carbons (Fsp3) is 0.429. The van der Waals surface area contributed by atoms with Gasteiger partial charge < -0.3 is 14.4 Å². The van der Waals surface area contributed by atoms with E-state index >= 15 is 0 Å². The van der Waals surface area contributed by atoms with E-state index in [9.17, 15) is 0 Å². The lowest BCUT2D eigenvalue weighted by molar-refractivity contribution is 0.0204. The zero-order valence-electron chi connectivity index (χ0n) is 15.1. The summed E-state index contributed by atoms with van der Waals surface area (Å²) in [6.07, 6.45) is 6.91. The minimum atomic E-state index is 0.0873. The third-order valence-electron chi connectivity index (χ3n) is 5.76. The molecule has 1 saturated heterocycles. The van der Waals surface area contributed by atoms with Crippen molar-refractivity contribution in [1.29, 1.82) is 0 Å². The van der Waals surface area contributed by atoms with Crippen LogP contribution >= 0.6 is 0 Å². The van der Waals surface area contributed by atoms with Gasteiger partial charge in [0.2, 0.25) is 0 Å². The average Bonchev–Trinajstić information content (AvgIpc) is 3.62. The third kappa shape index (κ3) is 2.84. The molecule has 3 aliphatic rings. The van der Waals surface area contributed by atoms with E-state index in [2.05, 4.69) is 32.2 Å². The van der Waals surface area contributed by atoms with E-state index < -0.39 is 0 Å². The van der Waals surface area contributed by atoms with E-state index in [0.29, 0.717) is 6.10 Å². The van der Waals surface area contributed by atoms with Gasteiger partial charge in [0, 0.05) is 30.2 Å². The predicted octanol–water partition coefficient (Wildman–Crippen LogP) is 3.54. The molecule has 1 aromatic carbocycles. The van der Waals surface area contributed by atoms with Crippen molar-refractivity contribution in [3.05, 3.63) is 36.5 Å². The molecule has 3 fully saturated rings. The first-order valence-electron chi connectivity index (χ1n) is 9.78. The minimum Gasteiger partial charge on any atom is -0.490 e. The summed E-state index contributed by atoms with van der Waals surface area (Å²) in [6.45, 7) is 2.60. The molecule has 0 radical (unpaired) electrons. The van der Waals surface area contributed by atoms with Crippen LogP contribution in [0.1, 0.15) is 25.7 Å². The summed E-state index contributed by atoms with van der Waals surface area (Å²) in [5.74, 6) is 1.93. The standard InChI is InChI=1S/C21H22N4O2/c1-2-15(1)27-16-3-4-18-17(12-16)20(24-23-18)14-5-8-22-19(11-14)25-9-10-26-21(13-25)6-7-21/h3-5,8,11-12,15H,1-2,6-7,9-10,13H2,(H,23,24). The van der Waals surface area contributed by atoms with Gasteiger partial charge in [0.15, 0.2) is 0 Å². The Morgan fingerprint density at radius 2 is 2.11 bits per heavy atom. The van der Waals surface area contributed by atoms with Crippen molar-refractivity contribution in [3.8, 4) is 17.0 Å². The zero-order chi connectivity index (χ0) is 17.8. The summed E-state index contributed by atoms with van der Waals surface area (Å²) in [5, 5.41) is 8.81. The van der Waals surface area contributed by atoms with Gasteiger partial charge in [0.05, 0.1) is 23.8 Å². The van der Waals surface area contributed by atoms with Crippen LogP contribution in [0.5, 0.6) is 5.75 Å². The Morgan fingerprint density at radius 1 is 1.19 bits per heavy atom. The highest BCUT2D eigenvalue weighted by atomic mass is 16.5. The van der Waals surface area contributed by atoms with Crippen LogP contribution in [0.2, 0.25) is 0 Å². The molecule has 0 bridgehead atoms. The monoisotopic (exact) mass is 362 g/mol. The third-order valence-corrected chi connectivity index (χ3v) is 5.76. The lowest BCUT2D eigenvalue weighted by Gasteiger charge is -2.34. The summed E-state index contributed by atoms with van der Waals surface area (Å²) < 4.78 is 11.9. The number of nitrogens with zero attached hydrogens (tertiary/aromatic N) is 3. The van der Waals surface area contributed by atoms with Crippen LogP contribution in [0.25, 0.3) is 22.2 Å². The summed E-state index contributed by atoms with van der Waals surface area (Å²) >= 11 is 0. The number of nitrogens with one attached hydrogen (secondary N) is 1. The van der Waals surface area contributed by atoms with Gasteiger partial charge in [0.1, 0.15) is 17.3 Å². The highest BCUT2D eigenvalue weighted by Gasteiger charge is 2.47. The molecule has 1 spiro atoms. The van der Waals surface area contributed by atoms with E-state index in [-0.39, 0.29) is 5.60 Å². The van der Waals surface area contributed by atoms with Crippen LogP contribution < -0.4 is 9.64 Å². The smallest absolute Gasteiger partial charge is 0.129 e. The summed E-state index contributed by atoms with van der Waals surface area (Å²) in [4.78, 5) is 6.96. The fourth-order valence-corrected chi connectivity index (χ4v) is 3.89. The summed E-state index contributed by atoms with van der Waals surface area (Å²) in [7, 11) is 0. The predicted molar refractivity (Wildman–Crippen MR) is 103 cm³/mol. The number of rotatable bonds is 4. The van der Waals surface area contributed by atoms with Crippen LogP contribution in [-0.4, -0.2) is 46.6 Å². The molecule has 3 heterocycles. The molecule has 138 valence electrons. The van der Waals surface area contributed by atoms with Gasteiger partial charge in [-0.25, -0.2) is 4.98 Å². The first-order chi connectivity index (χ1) is 13.3. The molecule has 3 aromatic rings. The second kappa shape index (κ2) is 5.70. The van der Waals surface area contributed by atoms with Gasteiger partial charge in [-0.1, -0.05) is 0 Å². The Hall–Kier alpha value is -2.60. The number of ether oxygens (including phenoxy) is 2. The first-order valence-corrected chi connectivity index (χ1v) is 9.78. The maximum Gasteiger partial charge on any atom is 0.129 e. The highest BCUT2D eigenvalue weighted by molar-refractivity contribution is 5.94. The largest absolute Gasteiger partial charge is 0.490 e. The molecule has 0 unspecified atom stereocenters. The van der Waals surface area contributed by atoms with Crippen LogP contribution in [0.15, 0.2) is 36.5 Å². The number of aromatic amines is 1. The molecule has 0 amide bonds. The molecule has 6 rings (SSSR count). The van der Waals surface area contributed by atoms with Crippen LogP contribution in [0, 0.1) is 0 Å². The zero-order valence-corrected chi connectivity index (χ0v) is 15.1. The van der Waals surface area contributed by atoms with E-state index in [1.165, 1.54) is 0 Å². The minimum absolute atomic E-state index is 0.0873. The quantitative estimate of drug-likeness (QED) is 0.769. The summed E-state index contributed by atoms with van der Waals surface area (Å²) in [5.41, 5.74) is 3.13. The van der Waals surface area contributed by atoms with Gasteiger partial charge in [0.25, 0.3) is 0 Å². The fourth-order valence-electron chi connectivity index (χ4n) is 3.89. The molecule has 0 atom stereocenters. The molecule has 2 aliphatic carbocycles. The van der Waals surface area contributed by atoms with Crippen molar-refractivity contribution < 1.29 is 9.47 Å². The van der Waals surface area contributed by atoms with Crippen molar-refractivity contribution in [2.45, 2.75) is 37.4 Å². The number of morpholine rings is 1. The number of fused-ring (bicyclic) bond motifs is 1. The normalized spacial score (nSPS) is 21.0. The SMILES string of the molecule is c1cc(-c2n[nH]c3ccc(OC4CC4)cc23)cc(N2CCOC3(CC3)C2)n1. The molecule has 27 heavy (non-hydrogen) atoms. The van der Waals surface area contributed by atoms with Gasteiger partial charge >= 0.3 is 0 Å². The molecule has 6 nitrogen and oxygen atoms in total. The number of benzene rings is 1. The maximum atomic E-state index is 5.97. The molecule has 2 saturated carbocycles. The van der Waals surface area contributed by atoms with Crippen molar-refractivity contribution in [2.75, 3.05) is 24.6 Å². The number of hydrogen-bond donors (Lipinski definition) is 1. The molecule has 2 aromatic heterocycles. The van der Waals surface area contributed by atoms with E-state index in [1.54, 1.807) is 0 Å². The Kier molecular flexibility index (Phi) is 3.26. The lowest BCUT2D eigenvalue weighted by Crippen LogP contribution is -2.44. The lowest BCUT2D eigenvalue weighted by atomic mass is 10.1. The van der Waals surface area contributed by atoms with Crippen LogP contribution in [0.4, 0.5) is 5.82 Å². The van der Waals surface area contributed by atoms with Crippen LogP contribution in [0.3, 0.4) is 0 Å². The average molecular weight is 362 g/mol. The van der Waals surface area contributed by atoms with Crippen LogP contribution in [-0.2, 0) is 4.74 Å². The number of H-pyrrole nitrogens is 1. The Labute approximate surface area is 157 Å². The van der Waals surface area contributed by atoms with Crippen molar-refractivity contribution in [1.82, 2.24) is 15.2 Å². The second-order valence-electron chi connectivity index (χ2n) is 7.95. The Balaban J connectivity index is 1.35. The van der Waals surface area contributed by atoms with E-state index in [4.69, 9.17) is 9.47 Å². The number of anilines is 1.